The summed E-state index contributed by atoms with van der Waals surface area (Å²) in [4.78, 5) is 11.1. The van der Waals surface area contributed by atoms with Crippen LogP contribution in [0.3, 0.4) is 0 Å². The molecule has 2 rings (SSSR count). The number of carbonyl (C=O) groups excluding carboxylic acids is 1. The third kappa shape index (κ3) is 1.90. The standard InChI is InChI=1S/C13H17NO2/c1-8-3-4-9(2)13-12(8)10(5-6-16-13)7-11(14)15/h3-4,10H,5-7H2,1-2H3,(H2,14,15). The number of aryl methyl sites for hydroxylation is 2. The molecule has 0 bridgehead atoms. The monoisotopic (exact) mass is 219 g/mol. The Labute approximate surface area is 95.6 Å². The first-order chi connectivity index (χ1) is 7.59. The fourth-order valence-electron chi connectivity index (χ4n) is 2.40. The second-order valence-electron chi connectivity index (χ2n) is 4.45. The smallest absolute Gasteiger partial charge is 0.218 e. The van der Waals surface area contributed by atoms with E-state index >= 15 is 0 Å². The molecule has 0 spiro atoms. The lowest BCUT2D eigenvalue weighted by molar-refractivity contribution is -0.118. The van der Waals surface area contributed by atoms with Crippen molar-refractivity contribution in [3.8, 4) is 5.75 Å². The van der Waals surface area contributed by atoms with Crippen molar-refractivity contribution in [1.29, 1.82) is 0 Å². The van der Waals surface area contributed by atoms with Crippen molar-refractivity contribution in [2.75, 3.05) is 6.61 Å². The highest BCUT2D eigenvalue weighted by molar-refractivity contribution is 5.75. The number of carbonyl (C=O) groups is 1. The van der Waals surface area contributed by atoms with Crippen LogP contribution in [-0.4, -0.2) is 12.5 Å². The van der Waals surface area contributed by atoms with Crippen molar-refractivity contribution in [2.45, 2.75) is 32.6 Å². The van der Waals surface area contributed by atoms with Crippen LogP contribution >= 0.6 is 0 Å². The fraction of sp³-hybridized carbons (Fsp3) is 0.462. The topological polar surface area (TPSA) is 52.3 Å². The van der Waals surface area contributed by atoms with E-state index < -0.39 is 0 Å². The highest BCUT2D eigenvalue weighted by Gasteiger charge is 2.25. The zero-order chi connectivity index (χ0) is 11.7. The number of ether oxygens (including phenoxy) is 1. The van der Waals surface area contributed by atoms with Crippen LogP contribution in [0.15, 0.2) is 12.1 Å². The Morgan fingerprint density at radius 2 is 2.12 bits per heavy atom. The van der Waals surface area contributed by atoms with E-state index in [1.807, 2.05) is 6.92 Å². The van der Waals surface area contributed by atoms with Gasteiger partial charge in [-0.15, -0.1) is 0 Å². The SMILES string of the molecule is Cc1ccc(C)c2c1OCCC2CC(N)=O. The van der Waals surface area contributed by atoms with Crippen LogP contribution in [0.5, 0.6) is 5.75 Å². The number of primary amides is 1. The lowest BCUT2D eigenvalue weighted by Gasteiger charge is -2.28. The molecule has 0 saturated carbocycles. The van der Waals surface area contributed by atoms with E-state index in [0.717, 1.165) is 17.7 Å². The molecule has 1 atom stereocenters. The maximum absolute atomic E-state index is 11.1. The van der Waals surface area contributed by atoms with Gasteiger partial charge in [0.1, 0.15) is 5.75 Å². The number of amides is 1. The Hall–Kier alpha value is -1.51. The average Bonchev–Trinajstić information content (AvgIpc) is 2.23. The van der Waals surface area contributed by atoms with Gasteiger partial charge in [0.25, 0.3) is 0 Å². The van der Waals surface area contributed by atoms with Crippen LogP contribution in [0.1, 0.15) is 35.4 Å². The van der Waals surface area contributed by atoms with E-state index in [1.165, 1.54) is 11.1 Å². The summed E-state index contributed by atoms with van der Waals surface area (Å²) in [5.74, 6) is 0.942. The van der Waals surface area contributed by atoms with Crippen LogP contribution in [0.25, 0.3) is 0 Å². The van der Waals surface area contributed by atoms with Crippen LogP contribution < -0.4 is 10.5 Å². The Kier molecular flexibility index (Phi) is 2.86. The minimum atomic E-state index is -0.237. The second-order valence-corrected chi connectivity index (χ2v) is 4.45. The molecule has 1 heterocycles. The zero-order valence-electron chi connectivity index (χ0n) is 9.75. The van der Waals surface area contributed by atoms with E-state index in [-0.39, 0.29) is 11.8 Å². The molecule has 1 amide bonds. The predicted molar refractivity (Wildman–Crippen MR) is 62.6 cm³/mol. The van der Waals surface area contributed by atoms with Crippen molar-refractivity contribution >= 4 is 5.91 Å². The Morgan fingerprint density at radius 1 is 1.44 bits per heavy atom. The first kappa shape index (κ1) is 11.0. The summed E-state index contributed by atoms with van der Waals surface area (Å²) in [5, 5.41) is 0. The average molecular weight is 219 g/mol. The number of fused-ring (bicyclic) bond motifs is 1. The molecule has 1 aliphatic heterocycles. The third-order valence-electron chi connectivity index (χ3n) is 3.18. The largest absolute Gasteiger partial charge is 0.493 e. The van der Waals surface area contributed by atoms with Crippen LogP contribution in [0.2, 0.25) is 0 Å². The number of hydrogen-bond donors (Lipinski definition) is 1. The summed E-state index contributed by atoms with van der Waals surface area (Å²) in [5.41, 5.74) is 8.78. The van der Waals surface area contributed by atoms with Gasteiger partial charge in [0.15, 0.2) is 0 Å². The molecule has 0 radical (unpaired) electrons. The maximum atomic E-state index is 11.1. The molecule has 0 saturated heterocycles. The van der Waals surface area contributed by atoms with Crippen molar-refractivity contribution in [1.82, 2.24) is 0 Å². The number of benzene rings is 1. The molecule has 1 aromatic carbocycles. The Morgan fingerprint density at radius 3 is 2.81 bits per heavy atom. The van der Waals surface area contributed by atoms with Crippen molar-refractivity contribution in [3.63, 3.8) is 0 Å². The van der Waals surface area contributed by atoms with Gasteiger partial charge in [0.05, 0.1) is 6.61 Å². The number of rotatable bonds is 2. The molecule has 2 N–H and O–H groups in total. The van der Waals surface area contributed by atoms with Crippen LogP contribution in [0.4, 0.5) is 0 Å². The van der Waals surface area contributed by atoms with E-state index in [4.69, 9.17) is 10.5 Å². The van der Waals surface area contributed by atoms with Gasteiger partial charge in [-0.05, 0) is 37.3 Å². The van der Waals surface area contributed by atoms with Gasteiger partial charge >= 0.3 is 0 Å². The van der Waals surface area contributed by atoms with Crippen LogP contribution in [-0.2, 0) is 4.79 Å². The molecule has 0 aliphatic carbocycles. The van der Waals surface area contributed by atoms with Gasteiger partial charge < -0.3 is 10.5 Å². The summed E-state index contributed by atoms with van der Waals surface area (Å²) >= 11 is 0. The van der Waals surface area contributed by atoms with Gasteiger partial charge in [-0.2, -0.15) is 0 Å². The van der Waals surface area contributed by atoms with E-state index in [1.54, 1.807) is 0 Å². The number of hydrogen-bond acceptors (Lipinski definition) is 2. The minimum absolute atomic E-state index is 0.223. The fourth-order valence-corrected chi connectivity index (χ4v) is 2.40. The van der Waals surface area contributed by atoms with Crippen LogP contribution in [0, 0.1) is 13.8 Å². The molecule has 0 aromatic heterocycles. The summed E-state index contributed by atoms with van der Waals surface area (Å²) in [6.45, 7) is 4.76. The van der Waals surface area contributed by atoms with Gasteiger partial charge in [-0.25, -0.2) is 0 Å². The Bertz CT molecular complexity index is 426. The first-order valence-electron chi connectivity index (χ1n) is 5.61. The van der Waals surface area contributed by atoms with E-state index in [9.17, 15) is 4.79 Å². The van der Waals surface area contributed by atoms with Gasteiger partial charge in [0, 0.05) is 12.0 Å². The molecule has 1 aromatic rings. The van der Waals surface area contributed by atoms with E-state index in [0.29, 0.717) is 13.0 Å². The molecule has 3 heteroatoms. The third-order valence-corrected chi connectivity index (χ3v) is 3.18. The summed E-state index contributed by atoms with van der Waals surface area (Å²) in [7, 11) is 0. The molecular weight excluding hydrogens is 202 g/mol. The zero-order valence-corrected chi connectivity index (χ0v) is 9.75. The molecule has 1 aliphatic rings. The van der Waals surface area contributed by atoms with Gasteiger partial charge in [-0.3, -0.25) is 4.79 Å². The summed E-state index contributed by atoms with van der Waals surface area (Å²) in [6, 6.07) is 4.14. The highest BCUT2D eigenvalue weighted by atomic mass is 16.5. The second kappa shape index (κ2) is 4.16. The molecular formula is C13H17NO2. The number of nitrogens with two attached hydrogens (primary N) is 1. The minimum Gasteiger partial charge on any atom is -0.493 e. The summed E-state index contributed by atoms with van der Waals surface area (Å²) in [6.07, 6.45) is 1.29. The van der Waals surface area contributed by atoms with Crippen molar-refractivity contribution in [2.24, 2.45) is 5.73 Å². The summed E-state index contributed by atoms with van der Waals surface area (Å²) < 4.78 is 5.69. The van der Waals surface area contributed by atoms with Gasteiger partial charge in [-0.1, -0.05) is 12.1 Å². The van der Waals surface area contributed by atoms with Gasteiger partial charge in [0.2, 0.25) is 5.91 Å². The lowest BCUT2D eigenvalue weighted by Crippen LogP contribution is -2.22. The molecule has 1 unspecified atom stereocenters. The van der Waals surface area contributed by atoms with Crippen molar-refractivity contribution < 1.29 is 9.53 Å². The molecule has 16 heavy (non-hydrogen) atoms. The highest BCUT2D eigenvalue weighted by Crippen LogP contribution is 2.39. The molecule has 86 valence electrons. The molecule has 3 nitrogen and oxygen atoms in total. The maximum Gasteiger partial charge on any atom is 0.218 e. The van der Waals surface area contributed by atoms with Crippen molar-refractivity contribution in [3.05, 3.63) is 28.8 Å². The predicted octanol–water partition coefficient (Wildman–Crippen LogP) is 2.04. The first-order valence-corrected chi connectivity index (χ1v) is 5.61. The Balaban J connectivity index is 2.44. The lowest BCUT2D eigenvalue weighted by atomic mass is 9.86. The quantitative estimate of drug-likeness (QED) is 0.827. The molecule has 0 fully saturated rings. The normalized spacial score (nSPS) is 18.8. The van der Waals surface area contributed by atoms with E-state index in [2.05, 4.69) is 19.1 Å².